The maximum absolute atomic E-state index is 12.8. The molecule has 2 aromatic rings. The molecule has 0 radical (unpaired) electrons. The first kappa shape index (κ1) is 20.3. The van der Waals surface area contributed by atoms with Crippen molar-refractivity contribution >= 4 is 31.0 Å². The molecule has 0 aliphatic carbocycles. The van der Waals surface area contributed by atoms with E-state index in [1.807, 2.05) is 6.07 Å². The Hall–Kier alpha value is -2.41. The van der Waals surface area contributed by atoms with E-state index in [4.69, 9.17) is 14.2 Å². The summed E-state index contributed by atoms with van der Waals surface area (Å²) in [6.45, 7) is -0.273. The summed E-state index contributed by atoms with van der Waals surface area (Å²) >= 11 is 0.118. The Morgan fingerprint density at radius 1 is 1.07 bits per heavy atom. The second-order valence-corrected chi connectivity index (χ2v) is 8.04. The fraction of sp³-hybridized carbons (Fsp3) is 0.350. The molecule has 1 aliphatic heterocycles. The van der Waals surface area contributed by atoms with E-state index in [9.17, 15) is 15.0 Å². The van der Waals surface area contributed by atoms with Crippen LogP contribution in [0.25, 0.3) is 0 Å². The number of phenols is 1. The van der Waals surface area contributed by atoms with Gasteiger partial charge in [0.15, 0.2) is 0 Å². The average molecular weight is 452 g/mol. The van der Waals surface area contributed by atoms with Crippen molar-refractivity contribution < 1.29 is 29.2 Å². The van der Waals surface area contributed by atoms with Crippen LogP contribution < -0.4 is 23.6 Å². The zero-order valence-electron chi connectivity index (χ0n) is 16.1. The molecule has 150 valence electrons. The number of carbonyl (C=O) groups is 1. The molecule has 28 heavy (non-hydrogen) atoms. The van der Waals surface area contributed by atoms with Gasteiger partial charge in [0.2, 0.25) is 0 Å². The van der Waals surface area contributed by atoms with Crippen molar-refractivity contribution in [2.75, 3.05) is 32.8 Å². The fourth-order valence-corrected chi connectivity index (χ4v) is 4.77. The number of anilines is 1. The van der Waals surface area contributed by atoms with Gasteiger partial charge in [-0.25, -0.2) is 0 Å². The Kier molecular flexibility index (Phi) is 6.03. The van der Waals surface area contributed by atoms with Gasteiger partial charge < -0.3 is 0 Å². The molecule has 0 bridgehead atoms. The van der Waals surface area contributed by atoms with Gasteiger partial charge in [0.05, 0.1) is 0 Å². The molecule has 1 saturated heterocycles. The zero-order valence-corrected chi connectivity index (χ0v) is 17.8. The Morgan fingerprint density at radius 3 is 2.32 bits per heavy atom. The number of hydrogen-bond acceptors (Lipinski definition) is 6. The van der Waals surface area contributed by atoms with Crippen LogP contribution in [0, 0.1) is 5.92 Å². The number of aromatic hydroxyl groups is 1. The van der Waals surface area contributed by atoms with Crippen LogP contribution in [-0.4, -0.2) is 59.0 Å². The summed E-state index contributed by atoms with van der Waals surface area (Å²) < 4.78 is 17.0. The van der Waals surface area contributed by atoms with Crippen molar-refractivity contribution in [1.29, 1.82) is 0 Å². The number of ether oxygens (including phenoxy) is 3. The Labute approximate surface area is 170 Å². The number of phenolic OH excluding ortho intramolecular Hbond substituents is 1. The normalized spacial score (nSPS) is 18.6. The van der Waals surface area contributed by atoms with Crippen LogP contribution in [0.4, 0.5) is 5.69 Å². The predicted octanol–water partition coefficient (Wildman–Crippen LogP) is 1.49. The van der Waals surface area contributed by atoms with Gasteiger partial charge >= 0.3 is 170 Å². The van der Waals surface area contributed by atoms with E-state index in [0.29, 0.717) is 22.9 Å². The molecule has 0 saturated carbocycles. The molecule has 2 N–H and O–H groups in total. The molecular formula is C20H23NO6Se. The summed E-state index contributed by atoms with van der Waals surface area (Å²) in [5.74, 6) is 2.86. The monoisotopic (exact) mass is 453 g/mol. The van der Waals surface area contributed by atoms with Crippen LogP contribution in [0.15, 0.2) is 30.3 Å². The van der Waals surface area contributed by atoms with Gasteiger partial charge in [0.25, 0.3) is 0 Å². The second-order valence-electron chi connectivity index (χ2n) is 6.26. The number of rotatable bonds is 7. The zero-order chi connectivity index (χ0) is 20.4. The molecule has 2 atom stereocenters. The third-order valence-electron chi connectivity index (χ3n) is 4.88. The van der Waals surface area contributed by atoms with Crippen LogP contribution in [-0.2, 0) is 4.79 Å². The summed E-state index contributed by atoms with van der Waals surface area (Å²) in [7, 11) is 4.62. The number of aliphatic hydroxyl groups is 1. The Morgan fingerprint density at radius 2 is 1.79 bits per heavy atom. The van der Waals surface area contributed by atoms with Crippen molar-refractivity contribution in [2.45, 2.75) is 11.9 Å². The van der Waals surface area contributed by atoms with Crippen molar-refractivity contribution in [2.24, 2.45) is 5.92 Å². The minimum absolute atomic E-state index is 0.0131. The topological polar surface area (TPSA) is 88.5 Å². The molecule has 0 aromatic heterocycles. The quantitative estimate of drug-likeness (QED) is 0.489. The number of aliphatic hydroxyl groups excluding tert-OH is 1. The minimum atomic E-state index is -0.573. The number of methoxy groups -OCH3 is 3. The van der Waals surface area contributed by atoms with Gasteiger partial charge in [-0.05, 0) is 0 Å². The van der Waals surface area contributed by atoms with Crippen molar-refractivity contribution in [3.05, 3.63) is 35.9 Å². The number of nitrogens with zero attached hydrogens (tertiary/aromatic N) is 1. The summed E-state index contributed by atoms with van der Waals surface area (Å²) in [6.07, 6.45) is 0. The van der Waals surface area contributed by atoms with Crippen LogP contribution in [0.1, 0.15) is 11.6 Å². The van der Waals surface area contributed by atoms with Crippen molar-refractivity contribution in [3.8, 4) is 23.0 Å². The summed E-state index contributed by atoms with van der Waals surface area (Å²) in [6, 6.07) is 8.28. The molecule has 1 fully saturated rings. The molecule has 2 aromatic carbocycles. The Balaban J connectivity index is 2.07. The van der Waals surface area contributed by atoms with E-state index in [2.05, 4.69) is 5.82 Å². The van der Waals surface area contributed by atoms with Crippen LogP contribution >= 0.6 is 0 Å². The third-order valence-corrected chi connectivity index (χ3v) is 6.44. The van der Waals surface area contributed by atoms with Gasteiger partial charge in [-0.3, -0.25) is 0 Å². The van der Waals surface area contributed by atoms with Crippen molar-refractivity contribution in [1.82, 2.24) is 0 Å². The van der Waals surface area contributed by atoms with E-state index < -0.39 is 12.0 Å². The molecule has 0 spiro atoms. The number of β-lactam (4-membered cyclic amide) rings is 1. The number of benzene rings is 2. The number of hydrogen-bond donors (Lipinski definition) is 2. The molecule has 3 rings (SSSR count). The second kappa shape index (κ2) is 8.31. The molecule has 1 heterocycles. The first-order valence-corrected chi connectivity index (χ1v) is 11.2. The molecule has 7 nitrogen and oxygen atoms in total. The first-order chi connectivity index (χ1) is 13.5. The molecule has 0 unspecified atom stereocenters. The van der Waals surface area contributed by atoms with Crippen LogP contribution in [0.2, 0.25) is 5.82 Å². The fourth-order valence-electron chi connectivity index (χ4n) is 3.49. The third kappa shape index (κ3) is 3.28. The molecule has 8 heteroatoms. The van der Waals surface area contributed by atoms with E-state index in [-0.39, 0.29) is 33.2 Å². The SMILES string of the molecule is COc1ccc([C@H]2[C@H](CO)C(=O)N2c2cc(OC)c(OC)c([Se]C)c2)cc1O. The number of amides is 1. The van der Waals surface area contributed by atoms with Gasteiger partial charge in [0, 0.05) is 0 Å². The van der Waals surface area contributed by atoms with Crippen LogP contribution in [0.3, 0.4) is 0 Å². The first-order valence-electron chi connectivity index (χ1n) is 8.61. The van der Waals surface area contributed by atoms with E-state index >= 15 is 0 Å². The summed E-state index contributed by atoms with van der Waals surface area (Å²) in [5.41, 5.74) is 1.39. The molecule has 1 amide bonds. The molecule has 1 aliphatic rings. The molecular weight excluding hydrogens is 429 g/mol. The number of carbonyl (C=O) groups excluding carboxylic acids is 1. The van der Waals surface area contributed by atoms with E-state index in [0.717, 1.165) is 10.0 Å². The van der Waals surface area contributed by atoms with E-state index in [1.54, 1.807) is 43.4 Å². The summed E-state index contributed by atoms with van der Waals surface area (Å²) in [5, 5.41) is 19.9. The standard InChI is InChI=1S/C20H23NO6Se/c1-25-15-6-5-11(7-14(15)23)18-13(10-22)20(24)21(18)12-8-16(26-2)19(27-3)17(9-12)28-4/h5-9,13,18,22-23H,10H2,1-4H3/t13-,18-/m0/s1. The summed E-state index contributed by atoms with van der Waals surface area (Å²) in [4.78, 5) is 14.4. The Bertz CT molecular complexity index is 862. The van der Waals surface area contributed by atoms with Crippen LogP contribution in [0.5, 0.6) is 23.0 Å². The van der Waals surface area contributed by atoms with E-state index in [1.165, 1.54) is 7.11 Å². The van der Waals surface area contributed by atoms with Crippen molar-refractivity contribution in [3.63, 3.8) is 0 Å². The van der Waals surface area contributed by atoms with Gasteiger partial charge in [-0.15, -0.1) is 0 Å². The average Bonchev–Trinajstić information content (AvgIpc) is 2.71. The predicted molar refractivity (Wildman–Crippen MR) is 106 cm³/mol. The van der Waals surface area contributed by atoms with Gasteiger partial charge in [-0.2, -0.15) is 0 Å². The van der Waals surface area contributed by atoms with Gasteiger partial charge in [0.1, 0.15) is 0 Å². The van der Waals surface area contributed by atoms with Gasteiger partial charge in [-0.1, -0.05) is 0 Å². The maximum atomic E-state index is 12.8.